The second-order valence-corrected chi connectivity index (χ2v) is 7.06. The second kappa shape index (κ2) is 6.83. The first-order valence-electron chi connectivity index (χ1n) is 9.05. The zero-order valence-corrected chi connectivity index (χ0v) is 14.8. The van der Waals surface area contributed by atoms with Crippen molar-refractivity contribution < 1.29 is 14.3 Å². The van der Waals surface area contributed by atoms with E-state index in [1.807, 2.05) is 41.3 Å². The Morgan fingerprint density at radius 3 is 2.69 bits per heavy atom. The molecule has 0 radical (unpaired) electrons. The van der Waals surface area contributed by atoms with E-state index in [1.165, 1.54) is 12.8 Å². The highest BCUT2D eigenvalue weighted by Gasteiger charge is 2.32. The number of ether oxygens (including phenoxy) is 1. The van der Waals surface area contributed by atoms with E-state index in [4.69, 9.17) is 4.74 Å². The van der Waals surface area contributed by atoms with Crippen LogP contribution in [0.25, 0.3) is 0 Å². The number of carbonyl (C=O) groups excluding carboxylic acids is 2. The van der Waals surface area contributed by atoms with Crippen LogP contribution in [0.2, 0.25) is 0 Å². The van der Waals surface area contributed by atoms with Crippen molar-refractivity contribution in [3.63, 3.8) is 0 Å². The van der Waals surface area contributed by atoms with Crippen LogP contribution in [0, 0.1) is 5.92 Å². The summed E-state index contributed by atoms with van der Waals surface area (Å²) in [4.78, 5) is 26.8. The summed E-state index contributed by atoms with van der Waals surface area (Å²) in [6.45, 7) is 3.10. The lowest BCUT2D eigenvalue weighted by Crippen LogP contribution is -2.39. The minimum Gasteiger partial charge on any atom is -0.481 e. The van der Waals surface area contributed by atoms with Crippen molar-refractivity contribution in [2.24, 2.45) is 5.92 Å². The van der Waals surface area contributed by atoms with Gasteiger partial charge in [-0.2, -0.15) is 0 Å². The third-order valence-electron chi connectivity index (χ3n) is 4.85. The molecule has 0 spiro atoms. The average Bonchev–Trinajstić information content (AvgIpc) is 3.47. The van der Waals surface area contributed by atoms with Gasteiger partial charge in [0.15, 0.2) is 6.10 Å². The largest absolute Gasteiger partial charge is 0.481 e. The van der Waals surface area contributed by atoms with Gasteiger partial charge in [-0.05, 0) is 56.0 Å². The summed E-state index contributed by atoms with van der Waals surface area (Å²) < 4.78 is 5.84. The molecule has 134 valence electrons. The number of nitrogens with zero attached hydrogens (tertiary/aromatic N) is 1. The summed E-state index contributed by atoms with van der Waals surface area (Å²) in [7, 11) is 0. The third kappa shape index (κ3) is 3.57. The van der Waals surface area contributed by atoms with Gasteiger partial charge in [0.25, 0.3) is 11.8 Å². The molecule has 1 unspecified atom stereocenters. The van der Waals surface area contributed by atoms with Crippen LogP contribution < -0.4 is 10.1 Å². The Labute approximate surface area is 153 Å². The van der Waals surface area contributed by atoms with E-state index in [0.717, 1.165) is 12.1 Å². The summed E-state index contributed by atoms with van der Waals surface area (Å²) in [6, 6.07) is 14.7. The Balaban J connectivity index is 1.55. The second-order valence-electron chi connectivity index (χ2n) is 7.06. The van der Waals surface area contributed by atoms with Crippen molar-refractivity contribution >= 4 is 17.5 Å². The van der Waals surface area contributed by atoms with Crippen LogP contribution in [0.15, 0.2) is 48.5 Å². The normalized spacial score (nSPS) is 19.3. The Hall–Kier alpha value is -2.82. The van der Waals surface area contributed by atoms with Crippen molar-refractivity contribution in [1.29, 1.82) is 0 Å². The zero-order chi connectivity index (χ0) is 18.1. The monoisotopic (exact) mass is 350 g/mol. The molecular formula is C21H22N2O3. The van der Waals surface area contributed by atoms with E-state index in [0.29, 0.717) is 29.5 Å². The van der Waals surface area contributed by atoms with Crippen LogP contribution in [-0.4, -0.2) is 29.4 Å². The molecule has 5 heteroatoms. The SMILES string of the molecule is CC1Oc2ccc(NC(=O)c3ccccc3)cc2CN(CC2CC2)C1=O. The molecule has 1 atom stereocenters. The molecule has 1 saturated carbocycles. The molecule has 0 aromatic heterocycles. The molecule has 2 aromatic rings. The molecule has 1 fully saturated rings. The van der Waals surface area contributed by atoms with Gasteiger partial charge in [-0.1, -0.05) is 18.2 Å². The minimum absolute atomic E-state index is 0.0305. The molecule has 1 heterocycles. The van der Waals surface area contributed by atoms with Gasteiger partial charge in [0, 0.05) is 29.9 Å². The quantitative estimate of drug-likeness (QED) is 0.919. The van der Waals surface area contributed by atoms with E-state index in [-0.39, 0.29) is 11.8 Å². The standard InChI is InChI=1S/C21H22N2O3/c1-14-21(25)23(12-15-7-8-15)13-17-11-18(9-10-19(17)26-14)22-20(24)16-5-3-2-4-6-16/h2-6,9-11,14-15H,7-8,12-13H2,1H3,(H,22,24). The van der Waals surface area contributed by atoms with E-state index in [2.05, 4.69) is 5.32 Å². The van der Waals surface area contributed by atoms with E-state index in [1.54, 1.807) is 19.1 Å². The number of rotatable bonds is 4. The number of hydrogen-bond donors (Lipinski definition) is 1. The first kappa shape index (κ1) is 16.6. The molecule has 1 aliphatic carbocycles. The molecule has 1 N–H and O–H groups in total. The summed E-state index contributed by atoms with van der Waals surface area (Å²) in [6.07, 6.45) is 1.90. The van der Waals surface area contributed by atoms with Crippen LogP contribution in [0.3, 0.4) is 0 Å². The van der Waals surface area contributed by atoms with Crippen molar-refractivity contribution in [2.75, 3.05) is 11.9 Å². The van der Waals surface area contributed by atoms with Crippen molar-refractivity contribution in [1.82, 2.24) is 4.90 Å². The molecule has 0 bridgehead atoms. The van der Waals surface area contributed by atoms with Crippen molar-refractivity contribution in [2.45, 2.75) is 32.4 Å². The molecule has 2 aromatic carbocycles. The van der Waals surface area contributed by atoms with Crippen molar-refractivity contribution in [3.8, 4) is 5.75 Å². The number of amides is 2. The van der Waals surface area contributed by atoms with Gasteiger partial charge in [0.2, 0.25) is 0 Å². The number of hydrogen-bond acceptors (Lipinski definition) is 3. The number of nitrogens with one attached hydrogen (secondary N) is 1. The molecule has 0 saturated heterocycles. The fourth-order valence-electron chi connectivity index (χ4n) is 3.24. The number of fused-ring (bicyclic) bond motifs is 1. The number of carbonyl (C=O) groups is 2. The zero-order valence-electron chi connectivity index (χ0n) is 14.8. The lowest BCUT2D eigenvalue weighted by molar-refractivity contribution is -0.137. The van der Waals surface area contributed by atoms with Crippen LogP contribution >= 0.6 is 0 Å². The fraction of sp³-hybridized carbons (Fsp3) is 0.333. The lowest BCUT2D eigenvalue weighted by Gasteiger charge is -2.22. The van der Waals surface area contributed by atoms with Gasteiger partial charge in [-0.25, -0.2) is 0 Å². The first-order chi connectivity index (χ1) is 12.6. The maximum Gasteiger partial charge on any atom is 0.263 e. The Kier molecular flexibility index (Phi) is 4.37. The molecule has 4 rings (SSSR count). The van der Waals surface area contributed by atoms with Crippen LogP contribution in [-0.2, 0) is 11.3 Å². The van der Waals surface area contributed by atoms with E-state index >= 15 is 0 Å². The molecule has 1 aliphatic heterocycles. The highest BCUT2D eigenvalue weighted by atomic mass is 16.5. The smallest absolute Gasteiger partial charge is 0.263 e. The van der Waals surface area contributed by atoms with Gasteiger partial charge < -0.3 is 15.0 Å². The maximum atomic E-state index is 12.6. The first-order valence-corrected chi connectivity index (χ1v) is 9.05. The van der Waals surface area contributed by atoms with E-state index < -0.39 is 6.10 Å². The predicted octanol–water partition coefficient (Wildman–Crippen LogP) is 3.46. The summed E-state index contributed by atoms with van der Waals surface area (Å²) >= 11 is 0. The van der Waals surface area contributed by atoms with Gasteiger partial charge >= 0.3 is 0 Å². The van der Waals surface area contributed by atoms with E-state index in [9.17, 15) is 9.59 Å². The van der Waals surface area contributed by atoms with Gasteiger partial charge in [0.05, 0.1) is 0 Å². The number of anilines is 1. The maximum absolute atomic E-state index is 12.6. The van der Waals surface area contributed by atoms with Crippen LogP contribution in [0.5, 0.6) is 5.75 Å². The van der Waals surface area contributed by atoms with Crippen LogP contribution in [0.4, 0.5) is 5.69 Å². The highest BCUT2D eigenvalue weighted by molar-refractivity contribution is 6.04. The van der Waals surface area contributed by atoms with Gasteiger partial charge in [0.1, 0.15) is 5.75 Å². The Morgan fingerprint density at radius 1 is 1.19 bits per heavy atom. The molecule has 26 heavy (non-hydrogen) atoms. The summed E-state index contributed by atoms with van der Waals surface area (Å²) in [5, 5.41) is 2.92. The van der Waals surface area contributed by atoms with Crippen molar-refractivity contribution in [3.05, 3.63) is 59.7 Å². The minimum atomic E-state index is -0.486. The molecular weight excluding hydrogens is 328 g/mol. The topological polar surface area (TPSA) is 58.6 Å². The number of benzene rings is 2. The average molecular weight is 350 g/mol. The van der Waals surface area contributed by atoms with Crippen LogP contribution in [0.1, 0.15) is 35.7 Å². The highest BCUT2D eigenvalue weighted by Crippen LogP contribution is 2.33. The fourth-order valence-corrected chi connectivity index (χ4v) is 3.24. The van der Waals surface area contributed by atoms with Gasteiger partial charge in [-0.15, -0.1) is 0 Å². The molecule has 2 aliphatic rings. The summed E-state index contributed by atoms with van der Waals surface area (Å²) in [5.74, 6) is 1.21. The lowest BCUT2D eigenvalue weighted by atomic mass is 10.1. The third-order valence-corrected chi connectivity index (χ3v) is 4.85. The summed E-state index contributed by atoms with van der Waals surface area (Å²) in [5.41, 5.74) is 2.24. The van der Waals surface area contributed by atoms with Gasteiger partial charge in [-0.3, -0.25) is 9.59 Å². The molecule has 5 nitrogen and oxygen atoms in total. The predicted molar refractivity (Wildman–Crippen MR) is 99.1 cm³/mol. The Morgan fingerprint density at radius 2 is 1.96 bits per heavy atom. The Bertz CT molecular complexity index is 830. The molecule has 2 amide bonds.